The summed E-state index contributed by atoms with van der Waals surface area (Å²) in [6, 6.07) is 6.96. The fourth-order valence-corrected chi connectivity index (χ4v) is 1.70. The highest BCUT2D eigenvalue weighted by Crippen LogP contribution is 2.15. The number of rotatable bonds is 5. The minimum absolute atomic E-state index is 0.512. The maximum Gasteiger partial charge on any atom is 0.331 e. The van der Waals surface area contributed by atoms with Gasteiger partial charge in [0, 0.05) is 18.0 Å². The molecule has 0 aliphatic rings. The number of nitrogens with one attached hydrogen (secondary N) is 2. The van der Waals surface area contributed by atoms with Gasteiger partial charge >= 0.3 is 12.0 Å². The molecular formula is C14H16N2O4S. The fraction of sp³-hybridized carbons (Fsp3) is 0.214. The quantitative estimate of drug-likeness (QED) is 0.488. The largest absolute Gasteiger partial charge is 0.452 e. The number of esters is 1. The van der Waals surface area contributed by atoms with Gasteiger partial charge in [0.15, 0.2) is 6.61 Å². The number of carbonyl (C=O) groups excluding carboxylic acids is 3. The molecule has 6 nitrogen and oxygen atoms in total. The van der Waals surface area contributed by atoms with Crippen LogP contribution in [0.5, 0.6) is 0 Å². The first-order valence-corrected chi connectivity index (χ1v) is 7.28. The molecule has 1 aromatic rings. The standard InChI is InChI=1S/C14H16N2O4S/c1-15-14(19)16-12(17)9-20-13(18)8-5-10-3-6-11(21-2)7-4-10/h3-8H,9H2,1-2H3,(H2,15,16,17,19)/b8-5+. The number of hydrogen-bond acceptors (Lipinski definition) is 5. The third kappa shape index (κ3) is 6.62. The summed E-state index contributed by atoms with van der Waals surface area (Å²) < 4.78 is 4.69. The average Bonchev–Trinajstić information content (AvgIpc) is 2.51. The van der Waals surface area contributed by atoms with Gasteiger partial charge in [-0.05, 0) is 30.0 Å². The van der Waals surface area contributed by atoms with E-state index in [9.17, 15) is 14.4 Å². The number of urea groups is 1. The molecule has 1 rings (SSSR count). The maximum atomic E-state index is 11.4. The van der Waals surface area contributed by atoms with Crippen LogP contribution in [0.15, 0.2) is 35.2 Å². The Labute approximate surface area is 126 Å². The number of imide groups is 1. The minimum Gasteiger partial charge on any atom is -0.452 e. The van der Waals surface area contributed by atoms with Crippen LogP contribution in [0.1, 0.15) is 5.56 Å². The van der Waals surface area contributed by atoms with Gasteiger partial charge < -0.3 is 10.1 Å². The first-order chi connectivity index (χ1) is 10.0. The van der Waals surface area contributed by atoms with E-state index in [4.69, 9.17) is 4.74 Å². The minimum atomic E-state index is -0.694. The SMILES string of the molecule is CNC(=O)NC(=O)COC(=O)/C=C/c1ccc(SC)cc1. The first-order valence-electron chi connectivity index (χ1n) is 6.05. The molecule has 112 valence electrons. The highest BCUT2D eigenvalue weighted by molar-refractivity contribution is 7.98. The Bertz CT molecular complexity index is 540. The van der Waals surface area contributed by atoms with Gasteiger partial charge in [0.05, 0.1) is 0 Å². The van der Waals surface area contributed by atoms with Crippen LogP contribution in [0, 0.1) is 0 Å². The predicted molar refractivity (Wildman–Crippen MR) is 80.8 cm³/mol. The van der Waals surface area contributed by atoms with Crippen molar-refractivity contribution in [2.45, 2.75) is 4.90 Å². The number of benzene rings is 1. The summed E-state index contributed by atoms with van der Waals surface area (Å²) in [7, 11) is 1.37. The van der Waals surface area contributed by atoms with Crippen molar-refractivity contribution in [2.24, 2.45) is 0 Å². The van der Waals surface area contributed by atoms with E-state index >= 15 is 0 Å². The van der Waals surface area contributed by atoms with Crippen molar-refractivity contribution in [3.8, 4) is 0 Å². The molecule has 1 aromatic carbocycles. The lowest BCUT2D eigenvalue weighted by atomic mass is 10.2. The van der Waals surface area contributed by atoms with E-state index in [1.165, 1.54) is 13.1 Å². The fourth-order valence-electron chi connectivity index (χ4n) is 1.29. The second kappa shape index (κ2) is 8.80. The normalized spacial score (nSPS) is 10.2. The molecular weight excluding hydrogens is 292 g/mol. The van der Waals surface area contributed by atoms with Crippen molar-refractivity contribution < 1.29 is 19.1 Å². The molecule has 0 fully saturated rings. The Kier molecular flexibility index (Phi) is 7.03. The van der Waals surface area contributed by atoms with Gasteiger partial charge in [-0.1, -0.05) is 12.1 Å². The van der Waals surface area contributed by atoms with Crippen LogP contribution in [-0.4, -0.2) is 37.8 Å². The van der Waals surface area contributed by atoms with E-state index < -0.39 is 24.5 Å². The van der Waals surface area contributed by atoms with Crippen LogP contribution in [-0.2, 0) is 14.3 Å². The van der Waals surface area contributed by atoms with E-state index in [0.717, 1.165) is 10.5 Å². The van der Waals surface area contributed by atoms with Crippen molar-refractivity contribution in [3.63, 3.8) is 0 Å². The summed E-state index contributed by atoms with van der Waals surface area (Å²) in [5.41, 5.74) is 0.847. The summed E-state index contributed by atoms with van der Waals surface area (Å²) in [6.07, 6.45) is 4.79. The van der Waals surface area contributed by atoms with Gasteiger partial charge in [-0.25, -0.2) is 9.59 Å². The highest BCUT2D eigenvalue weighted by Gasteiger charge is 2.07. The van der Waals surface area contributed by atoms with Crippen molar-refractivity contribution in [1.82, 2.24) is 10.6 Å². The van der Waals surface area contributed by atoms with Gasteiger partial charge in [-0.2, -0.15) is 0 Å². The average molecular weight is 308 g/mol. The van der Waals surface area contributed by atoms with Crippen LogP contribution in [0.2, 0.25) is 0 Å². The van der Waals surface area contributed by atoms with Crippen molar-refractivity contribution >= 4 is 35.7 Å². The third-order valence-electron chi connectivity index (χ3n) is 2.35. The van der Waals surface area contributed by atoms with Crippen LogP contribution >= 0.6 is 11.8 Å². The molecule has 0 aliphatic heterocycles. The Balaban J connectivity index is 2.40. The topological polar surface area (TPSA) is 84.5 Å². The van der Waals surface area contributed by atoms with Crippen molar-refractivity contribution in [3.05, 3.63) is 35.9 Å². The zero-order chi connectivity index (χ0) is 15.7. The second-order valence-electron chi connectivity index (χ2n) is 3.84. The van der Waals surface area contributed by atoms with E-state index in [0.29, 0.717) is 0 Å². The predicted octanol–water partition coefficient (Wildman–Crippen LogP) is 1.42. The number of amides is 3. The Morgan fingerprint density at radius 3 is 2.48 bits per heavy atom. The van der Waals surface area contributed by atoms with Gasteiger partial charge in [0.1, 0.15) is 0 Å². The van der Waals surface area contributed by atoms with E-state index in [1.807, 2.05) is 35.8 Å². The van der Waals surface area contributed by atoms with E-state index in [-0.39, 0.29) is 0 Å². The van der Waals surface area contributed by atoms with Gasteiger partial charge in [0.2, 0.25) is 0 Å². The molecule has 0 unspecified atom stereocenters. The van der Waals surface area contributed by atoms with Crippen LogP contribution in [0.4, 0.5) is 4.79 Å². The van der Waals surface area contributed by atoms with Gasteiger partial charge in [-0.15, -0.1) is 11.8 Å². The molecule has 0 atom stereocenters. The molecule has 0 aliphatic carbocycles. The number of hydrogen-bond donors (Lipinski definition) is 2. The first kappa shape index (κ1) is 16.8. The van der Waals surface area contributed by atoms with Gasteiger partial charge in [-0.3, -0.25) is 10.1 Å². The lowest BCUT2D eigenvalue weighted by Crippen LogP contribution is -2.39. The Morgan fingerprint density at radius 1 is 1.24 bits per heavy atom. The van der Waals surface area contributed by atoms with Crippen LogP contribution in [0.25, 0.3) is 6.08 Å². The molecule has 0 spiro atoms. The molecule has 21 heavy (non-hydrogen) atoms. The molecule has 0 bridgehead atoms. The molecule has 0 saturated carbocycles. The molecule has 0 saturated heterocycles. The summed E-state index contributed by atoms with van der Waals surface area (Å²) in [4.78, 5) is 34.5. The summed E-state index contributed by atoms with van der Waals surface area (Å²) in [6.45, 7) is -0.512. The number of ether oxygens (including phenoxy) is 1. The monoisotopic (exact) mass is 308 g/mol. The summed E-state index contributed by atoms with van der Waals surface area (Å²) in [5, 5.41) is 4.19. The van der Waals surface area contributed by atoms with E-state index in [1.54, 1.807) is 17.8 Å². The lowest BCUT2D eigenvalue weighted by Gasteiger charge is -2.03. The lowest BCUT2D eigenvalue weighted by molar-refractivity contribution is -0.143. The molecule has 7 heteroatoms. The zero-order valence-electron chi connectivity index (χ0n) is 11.7. The van der Waals surface area contributed by atoms with Crippen molar-refractivity contribution in [1.29, 1.82) is 0 Å². The molecule has 3 amide bonds. The van der Waals surface area contributed by atoms with Crippen LogP contribution < -0.4 is 10.6 Å². The summed E-state index contributed by atoms with van der Waals surface area (Å²) in [5.74, 6) is -1.35. The molecule has 2 N–H and O–H groups in total. The number of carbonyl (C=O) groups is 3. The zero-order valence-corrected chi connectivity index (χ0v) is 12.5. The van der Waals surface area contributed by atoms with Crippen molar-refractivity contribution in [2.75, 3.05) is 19.9 Å². The Hall–Kier alpha value is -2.28. The third-order valence-corrected chi connectivity index (χ3v) is 3.10. The van der Waals surface area contributed by atoms with E-state index in [2.05, 4.69) is 5.32 Å². The summed E-state index contributed by atoms with van der Waals surface area (Å²) >= 11 is 1.63. The second-order valence-corrected chi connectivity index (χ2v) is 4.72. The van der Waals surface area contributed by atoms with Gasteiger partial charge in [0.25, 0.3) is 5.91 Å². The molecule has 0 radical (unpaired) electrons. The maximum absolute atomic E-state index is 11.4. The Morgan fingerprint density at radius 2 is 1.90 bits per heavy atom. The molecule has 0 aromatic heterocycles. The highest BCUT2D eigenvalue weighted by atomic mass is 32.2. The number of thioether (sulfide) groups is 1. The molecule has 0 heterocycles. The van der Waals surface area contributed by atoms with Crippen LogP contribution in [0.3, 0.4) is 0 Å². The smallest absolute Gasteiger partial charge is 0.331 e.